The van der Waals surface area contributed by atoms with Gasteiger partial charge in [0.1, 0.15) is 6.10 Å². The Hall–Kier alpha value is -5.12. The van der Waals surface area contributed by atoms with Crippen molar-refractivity contribution < 1.29 is 43.2 Å². The first-order chi connectivity index (χ1) is 20.8. The average Bonchev–Trinajstić information content (AvgIpc) is 3.05. The summed E-state index contributed by atoms with van der Waals surface area (Å²) in [6.07, 6.45) is -7.08. The Labute approximate surface area is 247 Å². The lowest BCUT2D eigenvalue weighted by Gasteiger charge is -2.41. The van der Waals surface area contributed by atoms with Crippen LogP contribution in [0.4, 0.5) is 0 Å². The van der Waals surface area contributed by atoms with Crippen LogP contribution in [-0.2, 0) is 18.9 Å². The van der Waals surface area contributed by atoms with E-state index in [2.05, 4.69) is 0 Å². The number of esters is 3. The molecule has 9 heteroatoms. The van der Waals surface area contributed by atoms with E-state index >= 15 is 0 Å². The molecule has 1 fully saturated rings. The predicted octanol–water partition coefficient (Wildman–Crippen LogP) is 4.63. The second-order valence-electron chi connectivity index (χ2n) is 9.82. The SMILES string of the molecule is C[C@@H]1OC(OC(=O)c2ccccc2C(=O)c2ccccc2)[C@H](OC(=O)c2ccccc2)[C@H](OC(=O)c2ccccc2)[C@H]1O. The van der Waals surface area contributed by atoms with Gasteiger partial charge in [0.05, 0.1) is 22.8 Å². The van der Waals surface area contributed by atoms with E-state index in [0.717, 1.165) is 0 Å². The van der Waals surface area contributed by atoms with E-state index in [1.165, 1.54) is 43.3 Å². The Kier molecular flexibility index (Phi) is 9.05. The Morgan fingerprint density at radius 3 is 1.53 bits per heavy atom. The van der Waals surface area contributed by atoms with Gasteiger partial charge < -0.3 is 24.1 Å². The molecule has 4 aromatic rings. The average molecular weight is 581 g/mol. The first-order valence-corrected chi connectivity index (χ1v) is 13.6. The van der Waals surface area contributed by atoms with Crippen LogP contribution < -0.4 is 0 Å². The number of carbonyl (C=O) groups is 4. The second kappa shape index (κ2) is 13.2. The number of ether oxygens (including phenoxy) is 4. The molecule has 0 radical (unpaired) electrons. The zero-order valence-electron chi connectivity index (χ0n) is 23.1. The number of carbonyl (C=O) groups excluding carboxylic acids is 4. The standard InChI is InChI=1S/C34H28O9/c1-21-27(35)29(41-31(37)23-15-7-3-8-16-23)30(42-32(38)24-17-9-4-10-18-24)34(40-21)43-33(39)26-20-12-11-19-25(26)28(36)22-13-5-2-6-14-22/h2-21,27,29-30,34-35H,1H3/t21-,27-,29+,30+,34?/m0/s1. The van der Waals surface area contributed by atoms with Crippen LogP contribution in [0.1, 0.15) is 53.9 Å². The summed E-state index contributed by atoms with van der Waals surface area (Å²) in [6, 6.07) is 30.6. The Morgan fingerprint density at radius 1 is 0.558 bits per heavy atom. The number of benzene rings is 4. The second-order valence-corrected chi connectivity index (χ2v) is 9.82. The zero-order chi connectivity index (χ0) is 30.3. The molecule has 1 heterocycles. The van der Waals surface area contributed by atoms with Gasteiger partial charge in [-0.15, -0.1) is 0 Å². The lowest BCUT2D eigenvalue weighted by Crippen LogP contribution is -2.60. The summed E-state index contributed by atoms with van der Waals surface area (Å²) in [4.78, 5) is 52.9. The van der Waals surface area contributed by atoms with E-state index in [-0.39, 0.29) is 22.3 Å². The molecule has 5 rings (SSSR count). The first-order valence-electron chi connectivity index (χ1n) is 13.6. The van der Waals surface area contributed by atoms with E-state index in [4.69, 9.17) is 18.9 Å². The number of rotatable bonds is 8. The molecule has 218 valence electrons. The molecule has 9 nitrogen and oxygen atoms in total. The van der Waals surface area contributed by atoms with Crippen molar-refractivity contribution in [2.45, 2.75) is 37.6 Å². The highest BCUT2D eigenvalue weighted by atomic mass is 16.7. The summed E-state index contributed by atoms with van der Waals surface area (Å²) in [5.74, 6) is -2.95. The van der Waals surface area contributed by atoms with Crippen LogP contribution >= 0.6 is 0 Å². The summed E-state index contributed by atoms with van der Waals surface area (Å²) in [5, 5.41) is 11.0. The molecule has 1 saturated heterocycles. The molecule has 0 amide bonds. The largest absolute Gasteiger partial charge is 0.452 e. The number of hydrogen-bond acceptors (Lipinski definition) is 9. The van der Waals surface area contributed by atoms with Gasteiger partial charge in [-0.1, -0.05) is 84.9 Å². The molecule has 1 N–H and O–H groups in total. The van der Waals surface area contributed by atoms with Crippen LogP contribution in [0.15, 0.2) is 115 Å². The van der Waals surface area contributed by atoms with Crippen molar-refractivity contribution in [1.82, 2.24) is 0 Å². The molecule has 1 aliphatic rings. The van der Waals surface area contributed by atoms with Crippen molar-refractivity contribution in [3.63, 3.8) is 0 Å². The van der Waals surface area contributed by atoms with Gasteiger partial charge in [-0.05, 0) is 37.3 Å². The van der Waals surface area contributed by atoms with Crippen LogP contribution in [0.2, 0.25) is 0 Å². The van der Waals surface area contributed by atoms with Crippen molar-refractivity contribution in [3.8, 4) is 0 Å². The summed E-state index contributed by atoms with van der Waals surface area (Å²) in [6.45, 7) is 1.50. The van der Waals surface area contributed by atoms with Crippen molar-refractivity contribution in [1.29, 1.82) is 0 Å². The minimum absolute atomic E-state index is 0.0512. The molecule has 1 unspecified atom stereocenters. The molecule has 1 aliphatic heterocycles. The molecule has 0 saturated carbocycles. The van der Waals surface area contributed by atoms with E-state index in [1.807, 2.05) is 0 Å². The highest BCUT2D eigenvalue weighted by Crippen LogP contribution is 2.29. The molecule has 43 heavy (non-hydrogen) atoms. The molecule has 0 aromatic heterocycles. The number of aliphatic hydroxyl groups excluding tert-OH is 1. The van der Waals surface area contributed by atoms with Gasteiger partial charge >= 0.3 is 17.9 Å². The highest BCUT2D eigenvalue weighted by Gasteiger charge is 2.50. The van der Waals surface area contributed by atoms with Gasteiger partial charge in [0, 0.05) is 11.1 Å². The molecule has 4 aromatic carbocycles. The van der Waals surface area contributed by atoms with Crippen molar-refractivity contribution in [2.75, 3.05) is 0 Å². The molecular formula is C34H28O9. The molecule has 0 spiro atoms. The van der Waals surface area contributed by atoms with Gasteiger partial charge in [0.2, 0.25) is 12.4 Å². The lowest BCUT2D eigenvalue weighted by molar-refractivity contribution is -0.275. The van der Waals surface area contributed by atoms with E-state index in [1.54, 1.807) is 78.9 Å². The Morgan fingerprint density at radius 2 is 1.00 bits per heavy atom. The molecule has 5 atom stereocenters. The molecule has 0 bridgehead atoms. The van der Waals surface area contributed by atoms with Crippen LogP contribution in [0, 0.1) is 0 Å². The third kappa shape index (κ3) is 6.69. The summed E-state index contributed by atoms with van der Waals surface area (Å²) in [7, 11) is 0. The molecular weight excluding hydrogens is 552 g/mol. The van der Waals surface area contributed by atoms with Gasteiger partial charge in [0.25, 0.3) is 0 Å². The monoisotopic (exact) mass is 580 g/mol. The maximum absolute atomic E-state index is 13.5. The summed E-state index contributed by atoms with van der Waals surface area (Å²) < 4.78 is 22.8. The van der Waals surface area contributed by atoms with Gasteiger partial charge in [-0.2, -0.15) is 0 Å². The third-order valence-electron chi connectivity index (χ3n) is 6.91. The quantitative estimate of drug-likeness (QED) is 0.180. The maximum Gasteiger partial charge on any atom is 0.341 e. The Bertz CT molecular complexity index is 1590. The van der Waals surface area contributed by atoms with Crippen LogP contribution in [0.5, 0.6) is 0 Å². The number of ketones is 1. The van der Waals surface area contributed by atoms with Crippen LogP contribution in [-0.4, -0.2) is 59.5 Å². The summed E-state index contributed by atoms with van der Waals surface area (Å²) in [5.41, 5.74) is 0.782. The maximum atomic E-state index is 13.5. The van der Waals surface area contributed by atoms with E-state index < -0.39 is 54.4 Å². The van der Waals surface area contributed by atoms with Gasteiger partial charge in [0.15, 0.2) is 11.9 Å². The normalized spacial score (nSPS) is 21.3. The third-order valence-corrected chi connectivity index (χ3v) is 6.91. The van der Waals surface area contributed by atoms with Crippen molar-refractivity contribution >= 4 is 23.7 Å². The topological polar surface area (TPSA) is 125 Å². The lowest BCUT2D eigenvalue weighted by atomic mass is 9.97. The van der Waals surface area contributed by atoms with Gasteiger partial charge in [-0.25, -0.2) is 14.4 Å². The smallest absolute Gasteiger partial charge is 0.341 e. The fourth-order valence-corrected chi connectivity index (χ4v) is 4.64. The minimum Gasteiger partial charge on any atom is -0.452 e. The van der Waals surface area contributed by atoms with Crippen molar-refractivity contribution in [3.05, 3.63) is 143 Å². The zero-order valence-corrected chi connectivity index (χ0v) is 23.1. The van der Waals surface area contributed by atoms with Crippen molar-refractivity contribution in [2.24, 2.45) is 0 Å². The summed E-state index contributed by atoms with van der Waals surface area (Å²) >= 11 is 0. The van der Waals surface area contributed by atoms with E-state index in [0.29, 0.717) is 5.56 Å². The highest BCUT2D eigenvalue weighted by molar-refractivity contribution is 6.14. The van der Waals surface area contributed by atoms with Crippen LogP contribution in [0.25, 0.3) is 0 Å². The Balaban J connectivity index is 1.46. The first kappa shape index (κ1) is 29.4. The van der Waals surface area contributed by atoms with Gasteiger partial charge in [-0.3, -0.25) is 4.79 Å². The number of hydrogen-bond donors (Lipinski definition) is 1. The minimum atomic E-state index is -1.60. The van der Waals surface area contributed by atoms with E-state index in [9.17, 15) is 24.3 Å². The predicted molar refractivity (Wildman–Crippen MR) is 153 cm³/mol. The van der Waals surface area contributed by atoms with Crippen LogP contribution in [0.3, 0.4) is 0 Å². The number of aliphatic hydroxyl groups is 1. The fourth-order valence-electron chi connectivity index (χ4n) is 4.64. The fraction of sp³-hybridized carbons (Fsp3) is 0.176. The molecule has 0 aliphatic carbocycles.